The molecule has 1 amide bonds. The van der Waals surface area contributed by atoms with Gasteiger partial charge in [-0.3, -0.25) is 4.79 Å². The average molecular weight is 329 g/mol. The van der Waals surface area contributed by atoms with Crippen LogP contribution >= 0.6 is 0 Å². The zero-order chi connectivity index (χ0) is 17.3. The van der Waals surface area contributed by atoms with E-state index in [4.69, 9.17) is 14.3 Å². The van der Waals surface area contributed by atoms with Crippen molar-refractivity contribution >= 4 is 11.9 Å². The largest absolute Gasteiger partial charge is 0.496 e. The molecule has 3 rings (SSSR count). The van der Waals surface area contributed by atoms with E-state index in [1.165, 1.54) is 6.07 Å². The van der Waals surface area contributed by atoms with Crippen LogP contribution in [-0.4, -0.2) is 24.1 Å². The number of fused-ring (bicyclic) bond motifs is 1. The van der Waals surface area contributed by atoms with E-state index < -0.39 is 11.9 Å². The van der Waals surface area contributed by atoms with Gasteiger partial charge >= 0.3 is 5.97 Å². The fourth-order valence-electron chi connectivity index (χ4n) is 3.18. The van der Waals surface area contributed by atoms with Crippen LogP contribution in [0, 0.1) is 0 Å². The summed E-state index contributed by atoms with van der Waals surface area (Å²) in [6, 6.07) is 6.93. The van der Waals surface area contributed by atoms with Crippen molar-refractivity contribution in [1.29, 1.82) is 0 Å². The second-order valence-corrected chi connectivity index (χ2v) is 5.70. The van der Waals surface area contributed by atoms with Crippen LogP contribution in [0.2, 0.25) is 0 Å². The van der Waals surface area contributed by atoms with Crippen LogP contribution in [0.5, 0.6) is 5.75 Å². The summed E-state index contributed by atoms with van der Waals surface area (Å²) < 4.78 is 10.8. The van der Waals surface area contributed by atoms with Crippen LogP contribution in [0.25, 0.3) is 0 Å². The van der Waals surface area contributed by atoms with Crippen LogP contribution in [0.3, 0.4) is 0 Å². The van der Waals surface area contributed by atoms with Gasteiger partial charge in [-0.05, 0) is 30.0 Å². The monoisotopic (exact) mass is 329 g/mol. The molecule has 1 aliphatic rings. The molecule has 2 aromatic rings. The Labute approximate surface area is 139 Å². The smallest absolute Gasteiger partial charge is 0.339 e. The minimum absolute atomic E-state index is 0.0283. The number of rotatable bonds is 5. The third-order valence-electron chi connectivity index (χ3n) is 4.34. The second kappa shape index (κ2) is 6.39. The van der Waals surface area contributed by atoms with Crippen LogP contribution < -0.4 is 10.1 Å². The van der Waals surface area contributed by atoms with Crippen molar-refractivity contribution in [2.45, 2.75) is 32.2 Å². The van der Waals surface area contributed by atoms with Crippen LogP contribution in [-0.2, 0) is 12.8 Å². The highest BCUT2D eigenvalue weighted by molar-refractivity contribution is 5.96. The minimum Gasteiger partial charge on any atom is -0.496 e. The molecule has 0 spiro atoms. The van der Waals surface area contributed by atoms with Crippen molar-refractivity contribution in [3.05, 3.63) is 52.5 Å². The number of aryl methyl sites for hydroxylation is 1. The summed E-state index contributed by atoms with van der Waals surface area (Å²) in [4.78, 5) is 23.6. The standard InChI is InChI=1S/C18H19NO5/c1-3-14-12(18(21)22)9-16(24-14)17(20)19-13-8-7-11-10(13)5-4-6-15(11)23-2/h4-6,9,13H,3,7-8H2,1-2H3,(H,19,20)(H,21,22). The number of carbonyl (C=O) groups excluding carboxylic acids is 1. The Morgan fingerprint density at radius 3 is 2.83 bits per heavy atom. The molecule has 1 unspecified atom stereocenters. The molecular formula is C18H19NO5. The molecule has 0 radical (unpaired) electrons. The van der Waals surface area contributed by atoms with Crippen molar-refractivity contribution in [1.82, 2.24) is 5.32 Å². The zero-order valence-corrected chi connectivity index (χ0v) is 13.6. The maximum Gasteiger partial charge on any atom is 0.339 e. The molecule has 2 N–H and O–H groups in total. The minimum atomic E-state index is -1.09. The number of ether oxygens (including phenoxy) is 1. The lowest BCUT2D eigenvalue weighted by Gasteiger charge is -2.14. The van der Waals surface area contributed by atoms with E-state index in [2.05, 4.69) is 5.32 Å². The molecule has 0 saturated carbocycles. The molecule has 0 bridgehead atoms. The maximum atomic E-state index is 12.4. The van der Waals surface area contributed by atoms with Crippen molar-refractivity contribution < 1.29 is 23.8 Å². The highest BCUT2D eigenvalue weighted by atomic mass is 16.5. The van der Waals surface area contributed by atoms with Gasteiger partial charge in [0.1, 0.15) is 17.1 Å². The molecule has 0 saturated heterocycles. The summed E-state index contributed by atoms with van der Waals surface area (Å²) in [5.41, 5.74) is 2.17. The first-order chi connectivity index (χ1) is 11.5. The fourth-order valence-corrected chi connectivity index (χ4v) is 3.18. The number of hydrogen-bond acceptors (Lipinski definition) is 4. The number of methoxy groups -OCH3 is 1. The highest BCUT2D eigenvalue weighted by Crippen LogP contribution is 2.37. The summed E-state index contributed by atoms with van der Waals surface area (Å²) in [6.07, 6.45) is 2.01. The Hall–Kier alpha value is -2.76. The van der Waals surface area contributed by atoms with Crippen molar-refractivity contribution in [2.24, 2.45) is 0 Å². The molecule has 1 heterocycles. The van der Waals surface area contributed by atoms with Gasteiger partial charge in [0.25, 0.3) is 5.91 Å². The van der Waals surface area contributed by atoms with Crippen LogP contribution in [0.1, 0.15) is 57.2 Å². The summed E-state index contributed by atoms with van der Waals surface area (Å²) in [5, 5.41) is 12.1. The van der Waals surface area contributed by atoms with Crippen LogP contribution in [0.4, 0.5) is 0 Å². The Morgan fingerprint density at radius 2 is 2.21 bits per heavy atom. The maximum absolute atomic E-state index is 12.4. The van der Waals surface area contributed by atoms with E-state index in [0.717, 1.165) is 29.7 Å². The number of aromatic carboxylic acids is 1. The summed E-state index contributed by atoms with van der Waals surface area (Å²) in [5.74, 6) is -0.339. The second-order valence-electron chi connectivity index (χ2n) is 5.70. The Kier molecular flexibility index (Phi) is 4.29. The topological polar surface area (TPSA) is 88.8 Å². The molecule has 6 heteroatoms. The molecule has 0 fully saturated rings. The Balaban J connectivity index is 1.82. The number of hydrogen-bond donors (Lipinski definition) is 2. The summed E-state index contributed by atoms with van der Waals surface area (Å²) in [6.45, 7) is 1.78. The van der Waals surface area contributed by atoms with E-state index in [0.29, 0.717) is 12.2 Å². The predicted molar refractivity (Wildman–Crippen MR) is 86.6 cm³/mol. The number of furan rings is 1. The lowest BCUT2D eigenvalue weighted by molar-refractivity contribution is 0.0694. The summed E-state index contributed by atoms with van der Waals surface area (Å²) in [7, 11) is 1.63. The van der Waals surface area contributed by atoms with Gasteiger partial charge in [0.15, 0.2) is 5.76 Å². The van der Waals surface area contributed by atoms with Gasteiger partial charge < -0.3 is 19.6 Å². The molecule has 126 valence electrons. The molecule has 1 aliphatic carbocycles. The number of nitrogens with one attached hydrogen (secondary N) is 1. The molecular weight excluding hydrogens is 310 g/mol. The first-order valence-corrected chi connectivity index (χ1v) is 7.87. The number of carbonyl (C=O) groups is 2. The van der Waals surface area contributed by atoms with Gasteiger partial charge in [-0.1, -0.05) is 19.1 Å². The number of carboxylic acid groups (broad SMARTS) is 1. The molecule has 1 aromatic heterocycles. The predicted octanol–water partition coefficient (Wildman–Crippen LogP) is 2.97. The number of carboxylic acids is 1. The van der Waals surface area contributed by atoms with Crippen molar-refractivity contribution in [2.75, 3.05) is 7.11 Å². The third-order valence-corrected chi connectivity index (χ3v) is 4.34. The lowest BCUT2D eigenvalue weighted by atomic mass is 10.1. The van der Waals surface area contributed by atoms with E-state index >= 15 is 0 Å². The van der Waals surface area contributed by atoms with Crippen molar-refractivity contribution in [3.63, 3.8) is 0 Å². The van der Waals surface area contributed by atoms with Gasteiger partial charge in [-0.25, -0.2) is 4.79 Å². The van der Waals surface area contributed by atoms with Gasteiger partial charge in [0.2, 0.25) is 0 Å². The van der Waals surface area contributed by atoms with Gasteiger partial charge in [0, 0.05) is 12.5 Å². The fraction of sp³-hybridized carbons (Fsp3) is 0.333. The normalized spacial score (nSPS) is 15.8. The van der Waals surface area contributed by atoms with Gasteiger partial charge in [-0.15, -0.1) is 0 Å². The lowest BCUT2D eigenvalue weighted by Crippen LogP contribution is -2.26. The highest BCUT2D eigenvalue weighted by Gasteiger charge is 2.28. The van der Waals surface area contributed by atoms with Crippen molar-refractivity contribution in [3.8, 4) is 5.75 Å². The van der Waals surface area contributed by atoms with Gasteiger partial charge in [-0.2, -0.15) is 0 Å². The molecule has 1 aromatic carbocycles. The average Bonchev–Trinajstić information content (AvgIpc) is 3.19. The third kappa shape index (κ3) is 2.75. The molecule has 6 nitrogen and oxygen atoms in total. The zero-order valence-electron chi connectivity index (χ0n) is 13.6. The quantitative estimate of drug-likeness (QED) is 0.880. The SMILES string of the molecule is CCc1oc(C(=O)NC2CCc3c(OC)cccc32)cc1C(=O)O. The first kappa shape index (κ1) is 16.1. The van der Waals surface area contributed by atoms with Crippen LogP contribution in [0.15, 0.2) is 28.7 Å². The van der Waals surface area contributed by atoms with E-state index in [1.807, 2.05) is 18.2 Å². The first-order valence-electron chi connectivity index (χ1n) is 7.87. The molecule has 1 atom stereocenters. The molecule has 24 heavy (non-hydrogen) atoms. The number of amides is 1. The Morgan fingerprint density at radius 1 is 1.42 bits per heavy atom. The van der Waals surface area contributed by atoms with E-state index in [1.54, 1.807) is 14.0 Å². The molecule has 0 aliphatic heterocycles. The number of benzene rings is 1. The van der Waals surface area contributed by atoms with E-state index in [9.17, 15) is 9.59 Å². The van der Waals surface area contributed by atoms with E-state index in [-0.39, 0.29) is 17.4 Å². The van der Waals surface area contributed by atoms with Gasteiger partial charge in [0.05, 0.1) is 13.2 Å². The Bertz CT molecular complexity index is 793. The summed E-state index contributed by atoms with van der Waals surface area (Å²) >= 11 is 0.